The van der Waals surface area contributed by atoms with E-state index in [0.29, 0.717) is 6.54 Å². The molecule has 1 heterocycles. The van der Waals surface area contributed by atoms with Crippen LogP contribution < -0.4 is 4.72 Å². The van der Waals surface area contributed by atoms with Gasteiger partial charge < -0.3 is 4.55 Å². The van der Waals surface area contributed by atoms with Crippen LogP contribution in [-0.2, 0) is 17.9 Å². The van der Waals surface area contributed by atoms with Crippen LogP contribution in [0.3, 0.4) is 0 Å². The fourth-order valence-electron chi connectivity index (χ4n) is 2.24. The van der Waals surface area contributed by atoms with Gasteiger partial charge in [0.05, 0.1) is 6.54 Å². The molecule has 22 heavy (non-hydrogen) atoms. The number of hydrogen-bond donors (Lipinski definition) is 1. The van der Waals surface area contributed by atoms with Crippen molar-refractivity contribution >= 4 is 11.4 Å². The minimum absolute atomic E-state index is 0.246. The molecular weight excluding hydrogens is 292 g/mol. The van der Waals surface area contributed by atoms with Crippen molar-refractivity contribution in [2.24, 2.45) is 0 Å². The first-order valence-corrected chi connectivity index (χ1v) is 8.60. The average Bonchev–Trinajstić information content (AvgIpc) is 2.43. The third-order valence-electron chi connectivity index (χ3n) is 3.46. The standard InChI is InChI=1S/C18H24N2OS/c1-13-10-15(12-20-22(21)18(3,4)5)6-7-17(13)16-8-9-19-14(2)11-16/h6-11,20H,12H2,1-5H3. The zero-order valence-corrected chi connectivity index (χ0v) is 14.8. The highest BCUT2D eigenvalue weighted by atomic mass is 32.2. The number of aromatic nitrogens is 1. The van der Waals surface area contributed by atoms with Crippen LogP contribution in [-0.4, -0.2) is 14.3 Å². The molecule has 0 bridgehead atoms. The lowest BCUT2D eigenvalue weighted by molar-refractivity contribution is 0.544. The Morgan fingerprint density at radius 2 is 1.86 bits per heavy atom. The van der Waals surface area contributed by atoms with Crippen molar-refractivity contribution in [3.63, 3.8) is 0 Å². The minimum atomic E-state index is -1.05. The molecule has 0 saturated carbocycles. The molecule has 118 valence electrons. The second-order valence-electron chi connectivity index (χ2n) is 6.54. The van der Waals surface area contributed by atoms with Crippen molar-refractivity contribution in [1.29, 1.82) is 0 Å². The molecule has 0 saturated heterocycles. The normalized spacial score (nSPS) is 13.2. The number of hydrogen-bond acceptors (Lipinski definition) is 3. The molecule has 0 amide bonds. The Kier molecular flexibility index (Phi) is 5.27. The molecular formula is C18H24N2OS. The summed E-state index contributed by atoms with van der Waals surface area (Å²) in [5, 5.41) is 0. The minimum Gasteiger partial charge on any atom is -0.598 e. The van der Waals surface area contributed by atoms with Crippen molar-refractivity contribution in [3.05, 3.63) is 53.3 Å². The maximum Gasteiger partial charge on any atom is 0.136 e. The average molecular weight is 316 g/mol. The van der Waals surface area contributed by atoms with E-state index in [-0.39, 0.29) is 4.75 Å². The zero-order chi connectivity index (χ0) is 16.3. The number of aryl methyl sites for hydroxylation is 2. The lowest BCUT2D eigenvalue weighted by atomic mass is 9.99. The van der Waals surface area contributed by atoms with Crippen LogP contribution in [0, 0.1) is 13.8 Å². The molecule has 0 spiro atoms. The van der Waals surface area contributed by atoms with Crippen LogP contribution in [0.4, 0.5) is 0 Å². The molecule has 3 nitrogen and oxygen atoms in total. The Balaban J connectivity index is 2.13. The van der Waals surface area contributed by atoms with Gasteiger partial charge in [-0.3, -0.25) is 4.98 Å². The second-order valence-corrected chi connectivity index (χ2v) is 8.59. The summed E-state index contributed by atoms with van der Waals surface area (Å²) < 4.78 is 14.9. The van der Waals surface area contributed by atoms with Gasteiger partial charge in [-0.05, 0) is 69.0 Å². The van der Waals surface area contributed by atoms with Gasteiger partial charge in [0.15, 0.2) is 0 Å². The molecule has 0 aliphatic heterocycles. The van der Waals surface area contributed by atoms with Crippen molar-refractivity contribution in [2.75, 3.05) is 0 Å². The first-order valence-electron chi connectivity index (χ1n) is 7.45. The quantitative estimate of drug-likeness (QED) is 0.870. The van der Waals surface area contributed by atoms with Gasteiger partial charge in [0.1, 0.15) is 4.75 Å². The largest absolute Gasteiger partial charge is 0.598 e. The predicted molar refractivity (Wildman–Crippen MR) is 93.9 cm³/mol. The predicted octanol–water partition coefficient (Wildman–Crippen LogP) is 3.92. The summed E-state index contributed by atoms with van der Waals surface area (Å²) in [7, 11) is 0. The highest BCUT2D eigenvalue weighted by Gasteiger charge is 2.25. The van der Waals surface area contributed by atoms with E-state index in [0.717, 1.165) is 11.3 Å². The Bertz CT molecular complexity index is 650. The van der Waals surface area contributed by atoms with Crippen LogP contribution >= 0.6 is 0 Å². The van der Waals surface area contributed by atoms with E-state index >= 15 is 0 Å². The van der Waals surface area contributed by atoms with Crippen LogP contribution in [0.5, 0.6) is 0 Å². The molecule has 2 rings (SSSR count). The van der Waals surface area contributed by atoms with E-state index < -0.39 is 11.4 Å². The summed E-state index contributed by atoms with van der Waals surface area (Å²) in [6, 6.07) is 10.5. The lowest BCUT2D eigenvalue weighted by Crippen LogP contribution is -2.38. The first-order chi connectivity index (χ1) is 10.3. The summed E-state index contributed by atoms with van der Waals surface area (Å²) in [6.45, 7) is 10.6. The topological polar surface area (TPSA) is 48.0 Å². The SMILES string of the molecule is Cc1cc(-c2ccc(CN[S+]([O-])C(C)(C)C)cc2C)ccn1. The van der Waals surface area contributed by atoms with Crippen LogP contribution in [0.25, 0.3) is 11.1 Å². The van der Waals surface area contributed by atoms with Crippen LogP contribution in [0.1, 0.15) is 37.6 Å². The summed E-state index contributed by atoms with van der Waals surface area (Å²) >= 11 is -1.05. The van der Waals surface area contributed by atoms with Crippen LogP contribution in [0.2, 0.25) is 0 Å². The Morgan fingerprint density at radius 3 is 2.45 bits per heavy atom. The number of nitrogens with one attached hydrogen (secondary N) is 1. The highest BCUT2D eigenvalue weighted by molar-refractivity contribution is 7.90. The van der Waals surface area contributed by atoms with Gasteiger partial charge in [-0.15, -0.1) is 4.72 Å². The molecule has 1 N–H and O–H groups in total. The molecule has 0 radical (unpaired) electrons. The number of nitrogens with zero attached hydrogens (tertiary/aromatic N) is 1. The molecule has 1 unspecified atom stereocenters. The fourth-order valence-corrected chi connectivity index (χ4v) is 2.97. The third kappa shape index (κ3) is 4.32. The summed E-state index contributed by atoms with van der Waals surface area (Å²) in [5.74, 6) is 0. The molecule has 1 atom stereocenters. The third-order valence-corrected chi connectivity index (χ3v) is 4.98. The molecule has 1 aromatic carbocycles. The molecule has 2 aromatic rings. The Hall–Kier alpha value is -1.36. The molecule has 1 aromatic heterocycles. The summed E-state index contributed by atoms with van der Waals surface area (Å²) in [4.78, 5) is 4.24. The van der Waals surface area contributed by atoms with Gasteiger partial charge in [-0.25, -0.2) is 0 Å². The van der Waals surface area contributed by atoms with Crippen molar-refractivity contribution in [3.8, 4) is 11.1 Å². The van der Waals surface area contributed by atoms with E-state index in [1.807, 2.05) is 40.0 Å². The van der Waals surface area contributed by atoms with Gasteiger partial charge in [-0.1, -0.05) is 18.2 Å². The molecule has 0 fully saturated rings. The van der Waals surface area contributed by atoms with E-state index in [4.69, 9.17) is 0 Å². The lowest BCUT2D eigenvalue weighted by Gasteiger charge is -2.23. The van der Waals surface area contributed by atoms with Gasteiger partial charge in [0.2, 0.25) is 0 Å². The van der Waals surface area contributed by atoms with E-state index in [1.54, 1.807) is 0 Å². The summed E-state index contributed by atoms with van der Waals surface area (Å²) in [6.07, 6.45) is 1.84. The Morgan fingerprint density at radius 1 is 1.14 bits per heavy atom. The maximum absolute atomic E-state index is 12.0. The van der Waals surface area contributed by atoms with Crippen LogP contribution in [0.15, 0.2) is 36.5 Å². The highest BCUT2D eigenvalue weighted by Crippen LogP contribution is 2.24. The van der Waals surface area contributed by atoms with Gasteiger partial charge >= 0.3 is 0 Å². The van der Waals surface area contributed by atoms with Crippen molar-refractivity contribution in [1.82, 2.24) is 9.71 Å². The second kappa shape index (κ2) is 6.82. The molecule has 4 heteroatoms. The summed E-state index contributed by atoms with van der Waals surface area (Å²) in [5.41, 5.74) is 5.77. The fraction of sp³-hybridized carbons (Fsp3) is 0.389. The maximum atomic E-state index is 12.0. The number of rotatable bonds is 4. The molecule has 0 aliphatic rings. The van der Waals surface area contributed by atoms with E-state index in [1.165, 1.54) is 16.7 Å². The van der Waals surface area contributed by atoms with Gasteiger partial charge in [0.25, 0.3) is 0 Å². The van der Waals surface area contributed by atoms with E-state index in [9.17, 15) is 4.55 Å². The monoisotopic (exact) mass is 316 g/mol. The van der Waals surface area contributed by atoms with E-state index in [2.05, 4.69) is 40.9 Å². The van der Waals surface area contributed by atoms with Gasteiger partial charge in [-0.2, -0.15) is 0 Å². The smallest absolute Gasteiger partial charge is 0.136 e. The molecule has 0 aliphatic carbocycles. The van der Waals surface area contributed by atoms with Crippen molar-refractivity contribution in [2.45, 2.75) is 45.9 Å². The number of pyridine rings is 1. The number of benzene rings is 1. The zero-order valence-electron chi connectivity index (χ0n) is 13.9. The first kappa shape index (κ1) is 17.0. The van der Waals surface area contributed by atoms with Gasteiger partial charge in [0, 0.05) is 23.3 Å². The Labute approximate surface area is 136 Å². The van der Waals surface area contributed by atoms with Crippen molar-refractivity contribution < 1.29 is 4.55 Å².